The number of carboxylic acid groups (broad SMARTS) is 1. The fraction of sp³-hybridized carbons (Fsp3) is 0.136. The Morgan fingerprint density at radius 1 is 0.938 bits per heavy atom. The van der Waals surface area contributed by atoms with Crippen molar-refractivity contribution in [1.82, 2.24) is 9.71 Å². The summed E-state index contributed by atoms with van der Waals surface area (Å²) in [6.07, 6.45) is 4.09. The number of carboxylic acids is 1. The molecule has 0 radical (unpaired) electrons. The van der Waals surface area contributed by atoms with Crippen molar-refractivity contribution in [3.63, 3.8) is 0 Å². The van der Waals surface area contributed by atoms with E-state index in [1.54, 1.807) is 42.7 Å². The number of nitrogens with one attached hydrogen (secondary N) is 3. The average Bonchev–Trinajstić information content (AvgIpc) is 2.73. The van der Waals surface area contributed by atoms with Crippen LogP contribution in [0.3, 0.4) is 0 Å². The second-order valence-electron chi connectivity index (χ2n) is 7.08. The first-order chi connectivity index (χ1) is 15.2. The zero-order valence-electron chi connectivity index (χ0n) is 17.1. The number of aliphatic carboxylic acids is 1. The molecule has 4 N–H and O–H groups in total. The summed E-state index contributed by atoms with van der Waals surface area (Å²) < 4.78 is 24.9. The molecule has 0 aliphatic heterocycles. The minimum absolute atomic E-state index is 0.0133. The second-order valence-corrected chi connectivity index (χ2v) is 8.86. The molecule has 1 aromatic heterocycles. The SMILES string of the molecule is CS(=O)(=O)N[C@@H](Cc1ccc(-c2cccc(NC(=O)Nc3ccncc3)c2)cc1)C(=O)O. The molecule has 0 saturated heterocycles. The van der Waals surface area contributed by atoms with E-state index in [1.807, 2.05) is 30.3 Å². The van der Waals surface area contributed by atoms with Crippen molar-refractivity contribution in [1.29, 1.82) is 0 Å². The standard InChI is InChI=1S/C22H22N4O5S/c1-32(30,31)26-20(21(27)28)13-15-5-7-16(8-6-15)17-3-2-4-19(14-17)25-22(29)24-18-9-11-23-12-10-18/h2-12,14,20,26H,13H2,1H3,(H,27,28)(H2,23,24,25,29)/t20-/m0/s1. The number of aromatic nitrogens is 1. The molecule has 0 bridgehead atoms. The fourth-order valence-corrected chi connectivity index (χ4v) is 3.71. The smallest absolute Gasteiger partial charge is 0.323 e. The number of anilines is 2. The normalized spacial score (nSPS) is 12.0. The Balaban J connectivity index is 1.68. The van der Waals surface area contributed by atoms with Gasteiger partial charge in [-0.15, -0.1) is 0 Å². The second kappa shape index (κ2) is 10.0. The van der Waals surface area contributed by atoms with Crippen LogP contribution in [0.15, 0.2) is 73.1 Å². The van der Waals surface area contributed by atoms with E-state index in [1.165, 1.54) is 0 Å². The van der Waals surface area contributed by atoms with E-state index in [9.17, 15) is 23.1 Å². The van der Waals surface area contributed by atoms with Crippen LogP contribution >= 0.6 is 0 Å². The number of rotatable bonds is 8. The van der Waals surface area contributed by atoms with E-state index in [-0.39, 0.29) is 12.5 Å². The fourth-order valence-electron chi connectivity index (χ4n) is 3.01. The van der Waals surface area contributed by atoms with Crippen LogP contribution in [0.4, 0.5) is 16.2 Å². The molecule has 3 rings (SSSR count). The molecule has 0 unspecified atom stereocenters. The first-order valence-electron chi connectivity index (χ1n) is 9.57. The van der Waals surface area contributed by atoms with E-state index < -0.39 is 22.0 Å². The Hall–Kier alpha value is -3.76. The number of nitrogens with zero attached hydrogens (tertiary/aromatic N) is 1. The average molecular weight is 455 g/mol. The van der Waals surface area contributed by atoms with Crippen LogP contribution in [0.25, 0.3) is 11.1 Å². The molecule has 1 heterocycles. The van der Waals surface area contributed by atoms with Gasteiger partial charge in [-0.2, -0.15) is 0 Å². The highest BCUT2D eigenvalue weighted by Crippen LogP contribution is 2.23. The van der Waals surface area contributed by atoms with Crippen molar-refractivity contribution < 1.29 is 23.1 Å². The van der Waals surface area contributed by atoms with Gasteiger partial charge in [-0.25, -0.2) is 17.9 Å². The summed E-state index contributed by atoms with van der Waals surface area (Å²) in [7, 11) is -3.65. The van der Waals surface area contributed by atoms with Gasteiger partial charge >= 0.3 is 12.0 Å². The van der Waals surface area contributed by atoms with Gasteiger partial charge < -0.3 is 15.7 Å². The predicted octanol–water partition coefficient (Wildman–Crippen LogP) is 2.94. The Labute approximate surface area is 185 Å². The lowest BCUT2D eigenvalue weighted by atomic mass is 10.0. The Kier molecular flexibility index (Phi) is 7.18. The first kappa shape index (κ1) is 22.9. The highest BCUT2D eigenvalue weighted by molar-refractivity contribution is 7.88. The highest BCUT2D eigenvalue weighted by Gasteiger charge is 2.21. The van der Waals surface area contributed by atoms with E-state index in [2.05, 4.69) is 20.3 Å². The van der Waals surface area contributed by atoms with Crippen LogP contribution in [0.2, 0.25) is 0 Å². The molecule has 1 atom stereocenters. The maximum atomic E-state index is 12.2. The summed E-state index contributed by atoms with van der Waals surface area (Å²) in [4.78, 5) is 27.4. The molecule has 3 aromatic rings. The minimum Gasteiger partial charge on any atom is -0.480 e. The zero-order chi connectivity index (χ0) is 23.1. The number of hydrogen-bond acceptors (Lipinski definition) is 5. The summed E-state index contributed by atoms with van der Waals surface area (Å²) in [5, 5.41) is 14.7. The van der Waals surface area contributed by atoms with E-state index in [0.29, 0.717) is 16.9 Å². The summed E-state index contributed by atoms with van der Waals surface area (Å²) in [5.74, 6) is -1.25. The number of carbonyl (C=O) groups excluding carboxylic acids is 1. The predicted molar refractivity (Wildman–Crippen MR) is 122 cm³/mol. The van der Waals surface area contributed by atoms with Crippen LogP contribution in [0.1, 0.15) is 5.56 Å². The summed E-state index contributed by atoms with van der Waals surface area (Å²) >= 11 is 0. The van der Waals surface area contributed by atoms with Crippen molar-refractivity contribution in [3.8, 4) is 11.1 Å². The van der Waals surface area contributed by atoms with Crippen LogP contribution in [-0.2, 0) is 21.2 Å². The number of carbonyl (C=O) groups is 2. The third-order valence-electron chi connectivity index (χ3n) is 4.44. The van der Waals surface area contributed by atoms with E-state index >= 15 is 0 Å². The van der Waals surface area contributed by atoms with E-state index in [0.717, 1.165) is 17.4 Å². The van der Waals surface area contributed by atoms with Crippen LogP contribution in [-0.4, -0.2) is 42.8 Å². The van der Waals surface area contributed by atoms with Gasteiger partial charge in [0.05, 0.1) is 6.26 Å². The van der Waals surface area contributed by atoms with Crippen LogP contribution < -0.4 is 15.4 Å². The van der Waals surface area contributed by atoms with Gasteiger partial charge in [-0.05, 0) is 47.4 Å². The van der Waals surface area contributed by atoms with Gasteiger partial charge in [0.25, 0.3) is 0 Å². The topological polar surface area (TPSA) is 137 Å². The number of amides is 2. The number of sulfonamides is 1. The monoisotopic (exact) mass is 454 g/mol. The van der Waals surface area contributed by atoms with Gasteiger partial charge in [0.1, 0.15) is 6.04 Å². The summed E-state index contributed by atoms with van der Waals surface area (Å²) in [6, 6.07) is 16.1. The molecule has 9 nitrogen and oxygen atoms in total. The molecular formula is C22H22N4O5S. The van der Waals surface area contributed by atoms with Gasteiger partial charge in [-0.3, -0.25) is 9.78 Å². The lowest BCUT2D eigenvalue weighted by Gasteiger charge is -2.13. The van der Waals surface area contributed by atoms with Crippen molar-refractivity contribution in [2.24, 2.45) is 0 Å². The Morgan fingerprint density at radius 2 is 1.59 bits per heavy atom. The van der Waals surface area contributed by atoms with Crippen molar-refractivity contribution in [2.45, 2.75) is 12.5 Å². The van der Waals surface area contributed by atoms with E-state index in [4.69, 9.17) is 0 Å². The molecule has 0 aliphatic carbocycles. The maximum Gasteiger partial charge on any atom is 0.323 e. The summed E-state index contributed by atoms with van der Waals surface area (Å²) in [6.45, 7) is 0. The molecule has 0 saturated carbocycles. The molecule has 166 valence electrons. The first-order valence-corrected chi connectivity index (χ1v) is 11.5. The number of urea groups is 1. The molecule has 2 aromatic carbocycles. The molecule has 0 fully saturated rings. The van der Waals surface area contributed by atoms with Gasteiger partial charge in [0.15, 0.2) is 0 Å². The third kappa shape index (κ3) is 6.89. The van der Waals surface area contributed by atoms with Gasteiger partial charge in [0.2, 0.25) is 10.0 Å². The van der Waals surface area contributed by atoms with Gasteiger partial charge in [0, 0.05) is 23.8 Å². The lowest BCUT2D eigenvalue weighted by Crippen LogP contribution is -2.41. The molecule has 32 heavy (non-hydrogen) atoms. The number of hydrogen-bond donors (Lipinski definition) is 4. The number of benzene rings is 2. The molecule has 10 heteroatoms. The lowest BCUT2D eigenvalue weighted by molar-refractivity contribution is -0.138. The zero-order valence-corrected chi connectivity index (χ0v) is 18.0. The molecule has 0 spiro atoms. The van der Waals surface area contributed by atoms with Crippen molar-refractivity contribution >= 4 is 33.4 Å². The largest absolute Gasteiger partial charge is 0.480 e. The molecular weight excluding hydrogens is 432 g/mol. The Bertz CT molecular complexity index is 1200. The third-order valence-corrected chi connectivity index (χ3v) is 5.15. The maximum absolute atomic E-state index is 12.2. The van der Waals surface area contributed by atoms with Crippen LogP contribution in [0.5, 0.6) is 0 Å². The molecule has 0 aliphatic rings. The van der Waals surface area contributed by atoms with Gasteiger partial charge in [-0.1, -0.05) is 36.4 Å². The van der Waals surface area contributed by atoms with Crippen LogP contribution in [0, 0.1) is 0 Å². The summed E-state index contributed by atoms with van der Waals surface area (Å²) in [5.41, 5.74) is 3.59. The highest BCUT2D eigenvalue weighted by atomic mass is 32.2. The minimum atomic E-state index is -3.65. The van der Waals surface area contributed by atoms with Crippen molar-refractivity contribution in [3.05, 3.63) is 78.6 Å². The Morgan fingerprint density at radius 3 is 2.22 bits per heavy atom. The van der Waals surface area contributed by atoms with Crippen molar-refractivity contribution in [2.75, 3.05) is 16.9 Å². The number of pyridine rings is 1. The quantitative estimate of drug-likeness (QED) is 0.413. The molecule has 2 amide bonds.